The van der Waals surface area contributed by atoms with E-state index in [0.717, 1.165) is 19.3 Å². The Labute approximate surface area is 161 Å². The highest BCUT2D eigenvalue weighted by Gasteiger charge is 2.27. The lowest BCUT2D eigenvalue weighted by Crippen LogP contribution is -2.38. The zero-order valence-electron chi connectivity index (χ0n) is 14.9. The van der Waals surface area contributed by atoms with E-state index in [4.69, 9.17) is 4.74 Å². The van der Waals surface area contributed by atoms with Crippen molar-refractivity contribution >= 4 is 23.6 Å². The van der Waals surface area contributed by atoms with Crippen LogP contribution in [-0.2, 0) is 9.53 Å². The highest BCUT2D eigenvalue weighted by atomic mass is 32.2. The fraction of sp³-hybridized carbons (Fsp3) is 0.500. The van der Waals surface area contributed by atoms with Gasteiger partial charge in [0.05, 0.1) is 24.2 Å². The molecule has 2 fully saturated rings. The quantitative estimate of drug-likeness (QED) is 0.860. The topological polar surface area (TPSA) is 72.3 Å². The van der Waals surface area contributed by atoms with Crippen molar-refractivity contribution in [2.24, 2.45) is 0 Å². The number of carbonyl (C=O) groups is 1. The molecule has 2 aliphatic rings. The van der Waals surface area contributed by atoms with E-state index in [1.54, 1.807) is 6.07 Å². The van der Waals surface area contributed by atoms with Crippen LogP contribution in [0.15, 0.2) is 29.4 Å². The first-order valence-electron chi connectivity index (χ1n) is 9.21. The molecule has 1 aromatic heterocycles. The van der Waals surface area contributed by atoms with E-state index in [9.17, 15) is 9.18 Å². The second-order valence-electron chi connectivity index (χ2n) is 6.59. The maximum absolute atomic E-state index is 13.9. The Morgan fingerprint density at radius 1 is 1.22 bits per heavy atom. The third-order valence-electron chi connectivity index (χ3n) is 4.71. The molecule has 2 aliphatic heterocycles. The molecule has 0 bridgehead atoms. The molecule has 7 nitrogen and oxygen atoms in total. The van der Waals surface area contributed by atoms with Crippen LogP contribution in [0, 0.1) is 5.82 Å². The Hall–Kier alpha value is -2.13. The van der Waals surface area contributed by atoms with E-state index in [0.29, 0.717) is 49.6 Å². The lowest BCUT2D eigenvalue weighted by molar-refractivity contribution is -0.120. The van der Waals surface area contributed by atoms with Crippen molar-refractivity contribution in [3.05, 3.63) is 30.1 Å². The van der Waals surface area contributed by atoms with Crippen molar-refractivity contribution in [3.8, 4) is 5.69 Å². The van der Waals surface area contributed by atoms with Gasteiger partial charge in [0.1, 0.15) is 5.82 Å². The van der Waals surface area contributed by atoms with Crippen molar-refractivity contribution in [3.63, 3.8) is 0 Å². The number of aromatic nitrogens is 3. The molecule has 1 atom stereocenters. The standard InChI is InChI=1S/C18H22FN5O2S/c19-13-4-3-5-14(12-13)24-17(23-8-10-26-11-9-23)21-22-18(24)27-15-6-1-2-7-20-16(15)25/h3-5,12,15H,1-2,6-11H2,(H,20,25)/t15-/m1/s1. The summed E-state index contributed by atoms with van der Waals surface area (Å²) in [6, 6.07) is 6.37. The van der Waals surface area contributed by atoms with Gasteiger partial charge in [0.2, 0.25) is 11.9 Å². The van der Waals surface area contributed by atoms with Gasteiger partial charge in [-0.1, -0.05) is 24.2 Å². The van der Waals surface area contributed by atoms with Gasteiger partial charge in [0.25, 0.3) is 0 Å². The number of anilines is 1. The van der Waals surface area contributed by atoms with Gasteiger partial charge in [-0.15, -0.1) is 10.2 Å². The summed E-state index contributed by atoms with van der Waals surface area (Å²) in [4.78, 5) is 14.4. The number of hydrogen-bond donors (Lipinski definition) is 1. The average Bonchev–Trinajstić information content (AvgIpc) is 3.00. The molecule has 0 aliphatic carbocycles. The van der Waals surface area contributed by atoms with Crippen LogP contribution in [0.5, 0.6) is 0 Å². The fourth-order valence-electron chi connectivity index (χ4n) is 3.30. The summed E-state index contributed by atoms with van der Waals surface area (Å²) in [6.45, 7) is 3.34. The minimum absolute atomic E-state index is 0.0271. The van der Waals surface area contributed by atoms with Gasteiger partial charge < -0.3 is 15.0 Å². The van der Waals surface area contributed by atoms with Gasteiger partial charge >= 0.3 is 0 Å². The number of hydrogen-bond acceptors (Lipinski definition) is 6. The third kappa shape index (κ3) is 4.08. The number of thioether (sulfide) groups is 1. The monoisotopic (exact) mass is 391 g/mol. The number of morpholine rings is 1. The molecule has 0 saturated carbocycles. The lowest BCUT2D eigenvalue weighted by atomic mass is 10.2. The molecule has 2 saturated heterocycles. The van der Waals surface area contributed by atoms with Crippen molar-refractivity contribution in [2.75, 3.05) is 37.7 Å². The second kappa shape index (κ2) is 8.26. The predicted octanol–water partition coefficient (Wildman–Crippen LogP) is 2.00. The number of amides is 1. The van der Waals surface area contributed by atoms with Gasteiger partial charge in [-0.05, 0) is 31.0 Å². The summed E-state index contributed by atoms with van der Waals surface area (Å²) >= 11 is 1.40. The van der Waals surface area contributed by atoms with Gasteiger partial charge in [-0.25, -0.2) is 4.39 Å². The predicted molar refractivity (Wildman–Crippen MR) is 101 cm³/mol. The molecular formula is C18H22FN5O2S. The Balaban J connectivity index is 1.70. The molecule has 9 heteroatoms. The van der Waals surface area contributed by atoms with Crippen LogP contribution in [0.1, 0.15) is 19.3 Å². The van der Waals surface area contributed by atoms with E-state index in [1.165, 1.54) is 23.9 Å². The van der Waals surface area contributed by atoms with Gasteiger partial charge in [0, 0.05) is 19.6 Å². The molecule has 27 heavy (non-hydrogen) atoms. The Kier molecular flexibility index (Phi) is 5.58. The molecule has 1 N–H and O–H groups in total. The third-order valence-corrected chi connectivity index (χ3v) is 5.92. The first kappa shape index (κ1) is 18.2. The smallest absolute Gasteiger partial charge is 0.233 e. The molecular weight excluding hydrogens is 369 g/mol. The molecule has 1 aromatic carbocycles. The minimum Gasteiger partial charge on any atom is -0.378 e. The zero-order chi connectivity index (χ0) is 18.6. The molecule has 3 heterocycles. The largest absolute Gasteiger partial charge is 0.378 e. The van der Waals surface area contributed by atoms with Crippen LogP contribution in [0.4, 0.5) is 10.3 Å². The zero-order valence-corrected chi connectivity index (χ0v) is 15.8. The van der Waals surface area contributed by atoms with Crippen LogP contribution < -0.4 is 10.2 Å². The number of halogens is 1. The lowest BCUT2D eigenvalue weighted by Gasteiger charge is -2.28. The van der Waals surface area contributed by atoms with Crippen molar-refractivity contribution in [2.45, 2.75) is 29.7 Å². The normalized spacial score (nSPS) is 21.0. The molecule has 2 aromatic rings. The van der Waals surface area contributed by atoms with E-state index in [-0.39, 0.29) is 17.0 Å². The summed E-state index contributed by atoms with van der Waals surface area (Å²) < 4.78 is 21.1. The first-order valence-corrected chi connectivity index (χ1v) is 10.1. The molecule has 0 spiro atoms. The molecule has 144 valence electrons. The van der Waals surface area contributed by atoms with Gasteiger partial charge in [0.15, 0.2) is 5.16 Å². The van der Waals surface area contributed by atoms with E-state index < -0.39 is 0 Å². The van der Waals surface area contributed by atoms with Crippen LogP contribution >= 0.6 is 11.8 Å². The number of ether oxygens (including phenoxy) is 1. The highest BCUT2D eigenvalue weighted by molar-refractivity contribution is 8.00. The van der Waals surface area contributed by atoms with Crippen molar-refractivity contribution in [1.82, 2.24) is 20.1 Å². The molecule has 1 amide bonds. The van der Waals surface area contributed by atoms with Crippen LogP contribution in [-0.4, -0.2) is 58.8 Å². The molecule has 0 radical (unpaired) electrons. The highest BCUT2D eigenvalue weighted by Crippen LogP contribution is 2.32. The number of nitrogens with one attached hydrogen (secondary N) is 1. The molecule has 0 unspecified atom stereocenters. The Morgan fingerprint density at radius 2 is 2.07 bits per heavy atom. The number of nitrogens with zero attached hydrogens (tertiary/aromatic N) is 4. The maximum atomic E-state index is 13.9. The van der Waals surface area contributed by atoms with Crippen molar-refractivity contribution < 1.29 is 13.9 Å². The second-order valence-corrected chi connectivity index (χ2v) is 7.76. The van der Waals surface area contributed by atoms with Crippen LogP contribution in [0.2, 0.25) is 0 Å². The van der Waals surface area contributed by atoms with Crippen LogP contribution in [0.25, 0.3) is 5.69 Å². The average molecular weight is 391 g/mol. The Bertz CT molecular complexity index is 809. The Morgan fingerprint density at radius 3 is 2.89 bits per heavy atom. The number of carbonyl (C=O) groups excluding carboxylic acids is 1. The summed E-state index contributed by atoms with van der Waals surface area (Å²) in [5.74, 6) is 0.358. The first-order chi connectivity index (χ1) is 13.2. The summed E-state index contributed by atoms with van der Waals surface area (Å²) in [5.41, 5.74) is 0.651. The van der Waals surface area contributed by atoms with E-state index in [1.807, 2.05) is 10.6 Å². The number of rotatable bonds is 4. The van der Waals surface area contributed by atoms with E-state index >= 15 is 0 Å². The van der Waals surface area contributed by atoms with Gasteiger partial charge in [-0.3, -0.25) is 9.36 Å². The number of benzene rings is 1. The van der Waals surface area contributed by atoms with E-state index in [2.05, 4.69) is 20.4 Å². The maximum Gasteiger partial charge on any atom is 0.233 e. The summed E-state index contributed by atoms with van der Waals surface area (Å²) in [6.07, 6.45) is 2.76. The summed E-state index contributed by atoms with van der Waals surface area (Å²) in [5, 5.41) is 12.0. The fourth-order valence-corrected chi connectivity index (χ4v) is 4.41. The minimum atomic E-state index is -0.322. The molecule has 4 rings (SSSR count). The summed E-state index contributed by atoms with van der Waals surface area (Å²) in [7, 11) is 0. The SMILES string of the molecule is O=C1NCCCC[C@H]1Sc1nnc(N2CCOCC2)n1-c1cccc(F)c1. The van der Waals surface area contributed by atoms with Crippen molar-refractivity contribution in [1.29, 1.82) is 0 Å². The van der Waals surface area contributed by atoms with Crippen LogP contribution in [0.3, 0.4) is 0 Å². The van der Waals surface area contributed by atoms with Gasteiger partial charge in [-0.2, -0.15) is 0 Å².